The highest BCUT2D eigenvalue weighted by atomic mass is 35.5. The second-order valence-electron chi connectivity index (χ2n) is 3.43. The molecule has 1 aromatic rings. The Morgan fingerprint density at radius 3 is 2.82 bits per heavy atom. The van der Waals surface area contributed by atoms with Gasteiger partial charge in [0, 0.05) is 12.7 Å². The number of hydrogen-bond donors (Lipinski definition) is 0. The van der Waals surface area contributed by atoms with Crippen molar-refractivity contribution in [1.29, 1.82) is 0 Å². The van der Waals surface area contributed by atoms with Crippen molar-refractivity contribution >= 4 is 29.1 Å². The molecule has 0 aliphatic rings. The summed E-state index contributed by atoms with van der Waals surface area (Å²) in [5.41, 5.74) is 0.392. The van der Waals surface area contributed by atoms with Crippen LogP contribution in [0.2, 0.25) is 10.2 Å². The lowest BCUT2D eigenvalue weighted by atomic mass is 10.2. The molecular weight excluding hydrogens is 259 g/mol. The van der Waals surface area contributed by atoms with Crippen LogP contribution in [0.5, 0.6) is 0 Å². The Bertz CT molecular complexity index is 454. The van der Waals surface area contributed by atoms with Crippen LogP contribution in [0.15, 0.2) is 12.3 Å². The molecule has 0 aliphatic carbocycles. The van der Waals surface area contributed by atoms with Crippen LogP contribution in [0, 0.1) is 12.3 Å². The van der Waals surface area contributed by atoms with Gasteiger partial charge in [-0.05, 0) is 12.5 Å². The predicted molar refractivity (Wildman–Crippen MR) is 69.3 cm³/mol. The van der Waals surface area contributed by atoms with Gasteiger partial charge in [0.1, 0.15) is 5.15 Å². The summed E-state index contributed by atoms with van der Waals surface area (Å²) in [4.78, 5) is 17.5. The van der Waals surface area contributed by atoms with E-state index in [1.54, 1.807) is 4.90 Å². The lowest BCUT2D eigenvalue weighted by Gasteiger charge is -2.19. The number of carbonyl (C=O) groups excluding carboxylic acids is 1. The van der Waals surface area contributed by atoms with E-state index in [2.05, 4.69) is 10.9 Å². The summed E-state index contributed by atoms with van der Waals surface area (Å²) in [6.07, 6.45) is 7.46. The minimum atomic E-state index is -0.184. The van der Waals surface area contributed by atoms with Crippen LogP contribution >= 0.6 is 23.2 Å². The van der Waals surface area contributed by atoms with Crippen LogP contribution < -0.4 is 0 Å². The number of nitrogens with zero attached hydrogens (tertiary/aromatic N) is 2. The van der Waals surface area contributed by atoms with E-state index < -0.39 is 0 Å². The molecule has 0 saturated heterocycles. The van der Waals surface area contributed by atoms with Gasteiger partial charge in [0.15, 0.2) is 0 Å². The molecule has 0 atom stereocenters. The number of aromatic nitrogens is 1. The number of terminal acetylenes is 1. The summed E-state index contributed by atoms with van der Waals surface area (Å²) >= 11 is 11.5. The van der Waals surface area contributed by atoms with Crippen LogP contribution in [0.4, 0.5) is 0 Å². The first-order valence-corrected chi connectivity index (χ1v) is 5.89. The summed E-state index contributed by atoms with van der Waals surface area (Å²) in [6, 6.07) is 1.50. The number of rotatable bonds is 4. The molecular formula is C12H12Cl2N2O. The molecule has 0 unspecified atom stereocenters. The van der Waals surface area contributed by atoms with Crippen LogP contribution in [0.1, 0.15) is 23.7 Å². The summed E-state index contributed by atoms with van der Waals surface area (Å²) in [7, 11) is 0. The first-order chi connectivity index (χ1) is 8.10. The maximum Gasteiger partial charge on any atom is 0.256 e. The lowest BCUT2D eigenvalue weighted by Crippen LogP contribution is -2.32. The Balaban J connectivity index is 2.93. The van der Waals surface area contributed by atoms with E-state index in [9.17, 15) is 4.79 Å². The van der Waals surface area contributed by atoms with E-state index in [0.29, 0.717) is 12.1 Å². The first-order valence-electron chi connectivity index (χ1n) is 5.14. The Labute approximate surface area is 111 Å². The normalized spacial score (nSPS) is 9.76. The lowest BCUT2D eigenvalue weighted by molar-refractivity contribution is 0.0776. The highest BCUT2D eigenvalue weighted by Gasteiger charge is 2.15. The highest BCUT2D eigenvalue weighted by molar-refractivity contribution is 6.41. The molecule has 1 heterocycles. The van der Waals surface area contributed by atoms with Crippen molar-refractivity contribution in [2.75, 3.05) is 13.1 Å². The minimum absolute atomic E-state index is 0.183. The van der Waals surface area contributed by atoms with Crippen molar-refractivity contribution in [3.05, 3.63) is 28.0 Å². The molecule has 90 valence electrons. The monoisotopic (exact) mass is 270 g/mol. The molecule has 17 heavy (non-hydrogen) atoms. The fourth-order valence-electron chi connectivity index (χ4n) is 1.35. The molecule has 1 aromatic heterocycles. The van der Waals surface area contributed by atoms with Crippen LogP contribution in [0.3, 0.4) is 0 Å². The van der Waals surface area contributed by atoms with Gasteiger partial charge in [-0.15, -0.1) is 6.42 Å². The molecule has 0 saturated carbocycles. The van der Waals surface area contributed by atoms with E-state index in [0.717, 1.165) is 6.42 Å². The average molecular weight is 271 g/mol. The second kappa shape index (κ2) is 6.48. The van der Waals surface area contributed by atoms with E-state index in [1.165, 1.54) is 12.3 Å². The summed E-state index contributed by atoms with van der Waals surface area (Å²) in [5, 5.41) is 0.442. The van der Waals surface area contributed by atoms with Crippen LogP contribution in [-0.2, 0) is 0 Å². The summed E-state index contributed by atoms with van der Waals surface area (Å²) < 4.78 is 0. The molecule has 0 fully saturated rings. The van der Waals surface area contributed by atoms with Gasteiger partial charge in [-0.2, -0.15) is 0 Å². The van der Waals surface area contributed by atoms with Crippen molar-refractivity contribution in [2.45, 2.75) is 13.3 Å². The van der Waals surface area contributed by atoms with E-state index in [-0.39, 0.29) is 22.6 Å². The molecule has 0 bridgehead atoms. The molecule has 0 aromatic carbocycles. The van der Waals surface area contributed by atoms with Gasteiger partial charge in [-0.1, -0.05) is 36.0 Å². The van der Waals surface area contributed by atoms with Crippen molar-refractivity contribution in [3.8, 4) is 12.3 Å². The van der Waals surface area contributed by atoms with Gasteiger partial charge in [0.2, 0.25) is 0 Å². The van der Waals surface area contributed by atoms with Gasteiger partial charge < -0.3 is 4.90 Å². The molecule has 1 amide bonds. The minimum Gasteiger partial charge on any atom is -0.327 e. The van der Waals surface area contributed by atoms with Gasteiger partial charge in [0.05, 0.1) is 17.1 Å². The smallest absolute Gasteiger partial charge is 0.256 e. The van der Waals surface area contributed by atoms with Crippen molar-refractivity contribution in [1.82, 2.24) is 9.88 Å². The molecule has 0 spiro atoms. The van der Waals surface area contributed by atoms with Crippen LogP contribution in [0.25, 0.3) is 0 Å². The third-order valence-corrected chi connectivity index (χ3v) is 2.79. The SMILES string of the molecule is C#CCN(CCC)C(=O)c1cnc(Cl)c(Cl)c1. The molecule has 5 heteroatoms. The fourth-order valence-corrected chi connectivity index (χ4v) is 1.62. The van der Waals surface area contributed by atoms with Gasteiger partial charge in [0.25, 0.3) is 5.91 Å². The Morgan fingerprint density at radius 1 is 1.59 bits per heavy atom. The second-order valence-corrected chi connectivity index (χ2v) is 4.19. The van der Waals surface area contributed by atoms with Crippen molar-refractivity contribution in [2.24, 2.45) is 0 Å². The zero-order chi connectivity index (χ0) is 12.8. The fraction of sp³-hybridized carbons (Fsp3) is 0.333. The van der Waals surface area contributed by atoms with Crippen molar-refractivity contribution < 1.29 is 4.79 Å². The van der Waals surface area contributed by atoms with E-state index in [1.807, 2.05) is 6.92 Å². The Morgan fingerprint density at radius 2 is 2.29 bits per heavy atom. The number of carbonyl (C=O) groups is 1. The molecule has 0 N–H and O–H groups in total. The highest BCUT2D eigenvalue weighted by Crippen LogP contribution is 2.20. The zero-order valence-electron chi connectivity index (χ0n) is 9.41. The summed E-state index contributed by atoms with van der Waals surface area (Å²) in [5.74, 6) is 2.27. The van der Waals surface area contributed by atoms with Crippen molar-refractivity contribution in [3.63, 3.8) is 0 Å². The molecule has 1 rings (SSSR count). The van der Waals surface area contributed by atoms with E-state index >= 15 is 0 Å². The standard InChI is InChI=1S/C12H12Cl2N2O/c1-3-5-16(6-4-2)12(17)9-7-10(13)11(14)15-8-9/h1,7-8H,4-6H2,2H3. The van der Waals surface area contributed by atoms with Gasteiger partial charge >= 0.3 is 0 Å². The first kappa shape index (κ1) is 13.8. The third-order valence-electron chi connectivity index (χ3n) is 2.11. The number of halogens is 2. The average Bonchev–Trinajstić information content (AvgIpc) is 2.31. The zero-order valence-corrected chi connectivity index (χ0v) is 10.9. The summed E-state index contributed by atoms with van der Waals surface area (Å²) in [6.45, 7) is 2.85. The largest absolute Gasteiger partial charge is 0.327 e. The quantitative estimate of drug-likeness (QED) is 0.623. The molecule has 0 radical (unpaired) electrons. The molecule has 0 aliphatic heterocycles. The predicted octanol–water partition coefficient (Wildman–Crippen LogP) is 2.87. The molecule has 3 nitrogen and oxygen atoms in total. The Kier molecular flexibility index (Phi) is 5.27. The number of hydrogen-bond acceptors (Lipinski definition) is 2. The van der Waals surface area contributed by atoms with E-state index in [4.69, 9.17) is 29.6 Å². The number of amides is 1. The maximum absolute atomic E-state index is 12.1. The maximum atomic E-state index is 12.1. The van der Waals surface area contributed by atoms with Gasteiger partial charge in [-0.25, -0.2) is 4.98 Å². The Hall–Kier alpha value is -1.24. The third kappa shape index (κ3) is 3.62. The topological polar surface area (TPSA) is 33.2 Å². The number of pyridine rings is 1. The van der Waals surface area contributed by atoms with Gasteiger partial charge in [-0.3, -0.25) is 4.79 Å². The van der Waals surface area contributed by atoms with Crippen LogP contribution in [-0.4, -0.2) is 28.9 Å².